The first-order valence-electron chi connectivity index (χ1n) is 9.23. The summed E-state index contributed by atoms with van der Waals surface area (Å²) in [5, 5.41) is 0. The quantitative estimate of drug-likeness (QED) is 0.510. The molecule has 0 aromatic heterocycles. The SMILES string of the molecule is C=Cc1c(C=C(C)C)c(C)c(CC)c(/C=C\C)c1C=C.CC.CC. The molecule has 0 saturated carbocycles. The maximum atomic E-state index is 4.01. The Kier molecular flexibility index (Phi) is 13.8. The molecule has 0 nitrogen and oxygen atoms in total. The summed E-state index contributed by atoms with van der Waals surface area (Å²) in [4.78, 5) is 0. The van der Waals surface area contributed by atoms with E-state index in [4.69, 9.17) is 0 Å². The van der Waals surface area contributed by atoms with Crippen LogP contribution in [-0.4, -0.2) is 0 Å². The maximum Gasteiger partial charge on any atom is -0.0109 e. The average Bonchev–Trinajstić information content (AvgIpc) is 2.60. The van der Waals surface area contributed by atoms with Gasteiger partial charge >= 0.3 is 0 Å². The van der Waals surface area contributed by atoms with Gasteiger partial charge in [-0.05, 0) is 67.5 Å². The van der Waals surface area contributed by atoms with Gasteiger partial charge < -0.3 is 0 Å². The van der Waals surface area contributed by atoms with Gasteiger partial charge in [0.1, 0.15) is 0 Å². The highest BCUT2D eigenvalue weighted by Gasteiger charge is 2.15. The molecule has 0 atom stereocenters. The minimum absolute atomic E-state index is 1.02. The highest BCUT2D eigenvalue weighted by Crippen LogP contribution is 2.32. The number of allylic oxidation sites excluding steroid dienone is 2. The van der Waals surface area contributed by atoms with E-state index in [9.17, 15) is 0 Å². The van der Waals surface area contributed by atoms with Crippen molar-refractivity contribution < 1.29 is 0 Å². The summed E-state index contributed by atoms with van der Waals surface area (Å²) in [5.74, 6) is 0. The lowest BCUT2D eigenvalue weighted by Crippen LogP contribution is -2.02. The van der Waals surface area contributed by atoms with Crippen LogP contribution in [0.2, 0.25) is 0 Å². The summed E-state index contributed by atoms with van der Waals surface area (Å²) < 4.78 is 0. The zero-order valence-electron chi connectivity index (χ0n) is 17.5. The lowest BCUT2D eigenvalue weighted by Gasteiger charge is -2.19. The average molecular weight is 327 g/mol. The summed E-state index contributed by atoms with van der Waals surface area (Å²) in [5.41, 5.74) is 8.98. The molecule has 0 fully saturated rings. The van der Waals surface area contributed by atoms with E-state index < -0.39 is 0 Å². The minimum Gasteiger partial charge on any atom is -0.0984 e. The van der Waals surface area contributed by atoms with Gasteiger partial charge in [0.25, 0.3) is 0 Å². The summed E-state index contributed by atoms with van der Waals surface area (Å²) in [6, 6.07) is 0. The van der Waals surface area contributed by atoms with Crippen LogP contribution in [0.5, 0.6) is 0 Å². The molecule has 0 aliphatic rings. The number of benzene rings is 1. The Bertz CT molecular complexity index is 577. The van der Waals surface area contributed by atoms with E-state index in [0.29, 0.717) is 0 Å². The molecule has 1 aromatic carbocycles. The molecule has 0 heterocycles. The van der Waals surface area contributed by atoms with E-state index in [2.05, 4.69) is 66.0 Å². The Hall–Kier alpha value is -1.82. The van der Waals surface area contributed by atoms with E-state index >= 15 is 0 Å². The molecule has 0 amide bonds. The van der Waals surface area contributed by atoms with Gasteiger partial charge in [0.2, 0.25) is 0 Å². The topological polar surface area (TPSA) is 0 Å². The van der Waals surface area contributed by atoms with E-state index in [-0.39, 0.29) is 0 Å². The van der Waals surface area contributed by atoms with Crippen molar-refractivity contribution in [1.29, 1.82) is 0 Å². The molecule has 0 N–H and O–H groups in total. The van der Waals surface area contributed by atoms with Crippen LogP contribution in [0, 0.1) is 6.92 Å². The van der Waals surface area contributed by atoms with Crippen LogP contribution < -0.4 is 0 Å². The van der Waals surface area contributed by atoms with Crippen molar-refractivity contribution in [2.75, 3.05) is 0 Å². The van der Waals surface area contributed by atoms with Crippen molar-refractivity contribution in [3.8, 4) is 0 Å². The van der Waals surface area contributed by atoms with Crippen LogP contribution in [0.1, 0.15) is 88.8 Å². The third kappa shape index (κ3) is 6.00. The second-order valence-electron chi connectivity index (χ2n) is 5.24. The number of rotatable bonds is 5. The summed E-state index contributed by atoms with van der Waals surface area (Å²) >= 11 is 0. The lowest BCUT2D eigenvalue weighted by atomic mass is 9.85. The van der Waals surface area contributed by atoms with Gasteiger partial charge in [0, 0.05) is 0 Å². The van der Waals surface area contributed by atoms with Gasteiger partial charge in [-0.3, -0.25) is 0 Å². The lowest BCUT2D eigenvalue weighted by molar-refractivity contribution is 1.09. The van der Waals surface area contributed by atoms with Crippen LogP contribution in [0.15, 0.2) is 24.8 Å². The Balaban J connectivity index is 0. The molecule has 134 valence electrons. The van der Waals surface area contributed by atoms with Crippen molar-refractivity contribution in [3.05, 3.63) is 58.2 Å². The summed E-state index contributed by atoms with van der Waals surface area (Å²) in [6.07, 6.45) is 11.4. The molecular weight excluding hydrogens is 288 g/mol. The first kappa shape index (κ1) is 24.4. The zero-order valence-corrected chi connectivity index (χ0v) is 17.5. The maximum absolute atomic E-state index is 4.01. The third-order valence-corrected chi connectivity index (χ3v) is 3.58. The fourth-order valence-electron chi connectivity index (χ4n) is 2.75. The smallest absolute Gasteiger partial charge is 0.0109 e. The van der Waals surface area contributed by atoms with Crippen LogP contribution in [0.4, 0.5) is 0 Å². The summed E-state index contributed by atoms with van der Waals surface area (Å²) in [7, 11) is 0. The Labute approximate surface area is 151 Å². The van der Waals surface area contributed by atoms with Crippen LogP contribution in [-0.2, 0) is 6.42 Å². The Morgan fingerprint density at radius 2 is 1.33 bits per heavy atom. The molecule has 0 radical (unpaired) electrons. The second kappa shape index (κ2) is 13.6. The Morgan fingerprint density at radius 3 is 1.67 bits per heavy atom. The number of hydrogen-bond donors (Lipinski definition) is 0. The number of hydrogen-bond acceptors (Lipinski definition) is 0. The zero-order chi connectivity index (χ0) is 19.3. The fraction of sp³-hybridized carbons (Fsp3) is 0.417. The molecule has 1 rings (SSSR count). The molecule has 0 unspecified atom stereocenters. The normalized spacial score (nSPS) is 9.38. The summed E-state index contributed by atoms with van der Waals surface area (Å²) in [6.45, 7) is 26.7. The van der Waals surface area contributed by atoms with Crippen LogP contribution in [0.25, 0.3) is 24.3 Å². The fourth-order valence-corrected chi connectivity index (χ4v) is 2.75. The van der Waals surface area contributed by atoms with Gasteiger partial charge in [-0.15, -0.1) is 0 Å². The molecule has 1 aromatic rings. The van der Waals surface area contributed by atoms with E-state index in [1.807, 2.05) is 39.8 Å². The second-order valence-corrected chi connectivity index (χ2v) is 5.24. The van der Waals surface area contributed by atoms with Gasteiger partial charge in [0.05, 0.1) is 0 Å². The van der Waals surface area contributed by atoms with Crippen LogP contribution in [0.3, 0.4) is 0 Å². The first-order chi connectivity index (χ1) is 11.5. The minimum atomic E-state index is 1.02. The Morgan fingerprint density at radius 1 is 0.875 bits per heavy atom. The molecule has 0 bridgehead atoms. The van der Waals surface area contributed by atoms with Gasteiger partial charge in [-0.1, -0.05) is 83.7 Å². The van der Waals surface area contributed by atoms with Crippen molar-refractivity contribution >= 4 is 24.3 Å². The highest BCUT2D eigenvalue weighted by atomic mass is 14.2. The van der Waals surface area contributed by atoms with E-state index in [1.54, 1.807) is 0 Å². The molecule has 0 aliphatic carbocycles. The third-order valence-electron chi connectivity index (χ3n) is 3.58. The molecule has 0 heteroatoms. The van der Waals surface area contributed by atoms with Gasteiger partial charge in [-0.25, -0.2) is 0 Å². The molecular formula is C24H38. The molecule has 24 heavy (non-hydrogen) atoms. The monoisotopic (exact) mass is 326 g/mol. The van der Waals surface area contributed by atoms with Crippen molar-refractivity contribution in [3.63, 3.8) is 0 Å². The predicted octanol–water partition coefficient (Wildman–Crippen LogP) is 8.35. The van der Waals surface area contributed by atoms with E-state index in [0.717, 1.165) is 6.42 Å². The molecule has 0 saturated heterocycles. The van der Waals surface area contributed by atoms with Crippen molar-refractivity contribution in [2.24, 2.45) is 0 Å². The van der Waals surface area contributed by atoms with Crippen LogP contribution >= 0.6 is 0 Å². The standard InChI is InChI=1S/C20H26.2C2H6/c1-8-12-19-16(9-2)15(7)20(13-14(5)6)18(11-4)17(19)10-3;2*1-2/h8,10-13H,3-4,9H2,1-2,5-7H3;2*1-2H3/b12-8-;;. The van der Waals surface area contributed by atoms with Gasteiger partial charge in [0.15, 0.2) is 0 Å². The highest BCUT2D eigenvalue weighted by molar-refractivity contribution is 5.83. The van der Waals surface area contributed by atoms with Crippen molar-refractivity contribution in [2.45, 2.75) is 68.7 Å². The van der Waals surface area contributed by atoms with Gasteiger partial charge in [-0.2, -0.15) is 0 Å². The van der Waals surface area contributed by atoms with E-state index in [1.165, 1.54) is 39.0 Å². The predicted molar refractivity (Wildman–Crippen MR) is 117 cm³/mol. The molecule has 0 spiro atoms. The van der Waals surface area contributed by atoms with Crippen molar-refractivity contribution in [1.82, 2.24) is 0 Å². The molecule has 0 aliphatic heterocycles. The first-order valence-corrected chi connectivity index (χ1v) is 9.23. The largest absolute Gasteiger partial charge is 0.0984 e.